The van der Waals surface area contributed by atoms with Crippen LogP contribution in [0.15, 0.2) is 42.1 Å². The van der Waals surface area contributed by atoms with Crippen molar-refractivity contribution in [2.75, 3.05) is 13.7 Å². The molecule has 3 aromatic heterocycles. The van der Waals surface area contributed by atoms with Crippen LogP contribution < -0.4 is 15.2 Å². The zero-order valence-corrected chi connectivity index (χ0v) is 15.3. The van der Waals surface area contributed by atoms with E-state index in [2.05, 4.69) is 11.6 Å². The maximum atomic E-state index is 12.8. The van der Waals surface area contributed by atoms with Crippen molar-refractivity contribution in [3.63, 3.8) is 0 Å². The lowest BCUT2D eigenvalue weighted by molar-refractivity contribution is 0.366. The molecule has 1 aliphatic heterocycles. The van der Waals surface area contributed by atoms with Crippen molar-refractivity contribution < 1.29 is 9.47 Å². The Kier molecular flexibility index (Phi) is 3.07. The lowest BCUT2D eigenvalue weighted by Gasteiger charge is -2.16. The average molecular weight is 362 g/mol. The van der Waals surface area contributed by atoms with Gasteiger partial charge in [0.15, 0.2) is 0 Å². The minimum atomic E-state index is -0.155. The normalized spacial score (nSPS) is 13.4. The molecule has 1 aromatic carbocycles. The first-order chi connectivity index (χ1) is 13.0. The number of hydrogen-bond donors (Lipinski definition) is 0. The first-order valence-corrected chi connectivity index (χ1v) is 8.55. The van der Waals surface area contributed by atoms with Gasteiger partial charge in [0, 0.05) is 38.1 Å². The maximum absolute atomic E-state index is 12.8. The summed E-state index contributed by atoms with van der Waals surface area (Å²) in [5.41, 5.74) is 4.47. The van der Waals surface area contributed by atoms with Crippen molar-refractivity contribution in [2.24, 2.45) is 14.1 Å². The third-order valence-electron chi connectivity index (χ3n) is 5.13. The molecule has 0 amide bonds. The molecule has 4 aromatic rings. The van der Waals surface area contributed by atoms with Gasteiger partial charge in [-0.1, -0.05) is 6.58 Å². The van der Waals surface area contributed by atoms with Gasteiger partial charge in [-0.05, 0) is 6.07 Å². The number of imidazole rings is 1. The van der Waals surface area contributed by atoms with Gasteiger partial charge in [0.25, 0.3) is 0 Å². The fourth-order valence-corrected chi connectivity index (χ4v) is 3.84. The minimum absolute atomic E-state index is 0.155. The summed E-state index contributed by atoms with van der Waals surface area (Å²) in [5.74, 6) is 1.33. The van der Waals surface area contributed by atoms with E-state index in [1.54, 1.807) is 29.5 Å². The van der Waals surface area contributed by atoms with Crippen LogP contribution >= 0.6 is 0 Å². The molecule has 0 N–H and O–H groups in total. The molecule has 0 unspecified atom stereocenters. The molecule has 1 aliphatic rings. The highest BCUT2D eigenvalue weighted by Crippen LogP contribution is 2.47. The van der Waals surface area contributed by atoms with Crippen molar-refractivity contribution in [1.29, 1.82) is 0 Å². The van der Waals surface area contributed by atoms with E-state index in [0.29, 0.717) is 22.7 Å². The van der Waals surface area contributed by atoms with Crippen LogP contribution in [0.2, 0.25) is 0 Å². The van der Waals surface area contributed by atoms with Gasteiger partial charge in [0.1, 0.15) is 18.1 Å². The highest BCUT2D eigenvalue weighted by atomic mass is 16.5. The second-order valence-corrected chi connectivity index (χ2v) is 6.77. The smallest absolute Gasteiger partial charge is 0.333 e. The monoisotopic (exact) mass is 362 g/mol. The zero-order valence-electron chi connectivity index (χ0n) is 15.3. The Balaban J connectivity index is 2.05. The number of ether oxygens (including phenoxy) is 2. The minimum Gasteiger partial charge on any atom is -0.496 e. The molecule has 4 heterocycles. The van der Waals surface area contributed by atoms with E-state index in [1.807, 2.05) is 36.1 Å². The second kappa shape index (κ2) is 5.26. The van der Waals surface area contributed by atoms with Crippen LogP contribution in [-0.2, 0) is 14.1 Å². The Hall–Kier alpha value is -3.48. The molecule has 0 aliphatic carbocycles. The number of aryl methyl sites for hydroxylation is 2. The topological polar surface area (TPSA) is 63.2 Å². The molecular formula is C20H18N4O3. The van der Waals surface area contributed by atoms with E-state index >= 15 is 0 Å². The molecule has 7 nitrogen and oxygen atoms in total. The number of hydrogen-bond acceptors (Lipinski definition) is 4. The molecule has 0 fully saturated rings. The van der Waals surface area contributed by atoms with Crippen LogP contribution in [-0.4, -0.2) is 32.4 Å². The van der Waals surface area contributed by atoms with Crippen molar-refractivity contribution in [3.05, 3.63) is 47.8 Å². The summed E-state index contributed by atoms with van der Waals surface area (Å²) in [5, 5.41) is 0.795. The van der Waals surface area contributed by atoms with E-state index in [9.17, 15) is 4.79 Å². The third kappa shape index (κ3) is 1.96. The first-order valence-electron chi connectivity index (χ1n) is 8.55. The highest BCUT2D eigenvalue weighted by molar-refractivity contribution is 6.11. The van der Waals surface area contributed by atoms with E-state index in [4.69, 9.17) is 9.47 Å². The van der Waals surface area contributed by atoms with Gasteiger partial charge in [-0.15, -0.1) is 0 Å². The van der Waals surface area contributed by atoms with Crippen LogP contribution in [0.25, 0.3) is 38.8 Å². The summed E-state index contributed by atoms with van der Waals surface area (Å²) in [6.07, 6.45) is 5.69. The Morgan fingerprint density at radius 2 is 2.15 bits per heavy atom. The number of aromatic nitrogens is 4. The Morgan fingerprint density at radius 3 is 2.85 bits per heavy atom. The number of benzene rings is 1. The Morgan fingerprint density at radius 1 is 1.33 bits per heavy atom. The standard InChI is InChI=1S/C20H18N4O3/c1-11-10-27-19-16(12-5-6-22(2)9-12)15(26-4)7-13-17(19)18-14(8-21-13)23(3)20(25)24(11)18/h5-9H,1,10H2,2-4H3. The van der Waals surface area contributed by atoms with Crippen LogP contribution in [0.4, 0.5) is 0 Å². The molecule has 0 bridgehead atoms. The summed E-state index contributed by atoms with van der Waals surface area (Å²) < 4.78 is 17.0. The number of nitrogens with zero attached hydrogens (tertiary/aromatic N) is 4. The molecule has 0 spiro atoms. The predicted octanol–water partition coefficient (Wildman–Crippen LogP) is 2.77. The van der Waals surface area contributed by atoms with Gasteiger partial charge in [0.05, 0.1) is 46.5 Å². The predicted molar refractivity (Wildman–Crippen MR) is 104 cm³/mol. The molecule has 0 saturated carbocycles. The van der Waals surface area contributed by atoms with E-state index in [0.717, 1.165) is 27.5 Å². The first kappa shape index (κ1) is 15.7. The fraction of sp³-hybridized carbons (Fsp3) is 0.200. The van der Waals surface area contributed by atoms with Gasteiger partial charge in [-0.2, -0.15) is 0 Å². The molecule has 0 saturated heterocycles. The average Bonchev–Trinajstić information content (AvgIpc) is 3.15. The largest absolute Gasteiger partial charge is 0.496 e. The van der Waals surface area contributed by atoms with Gasteiger partial charge in [-0.25, -0.2) is 4.79 Å². The summed E-state index contributed by atoms with van der Waals surface area (Å²) >= 11 is 0. The molecule has 27 heavy (non-hydrogen) atoms. The molecule has 7 heteroatoms. The van der Waals surface area contributed by atoms with Crippen LogP contribution in [0.3, 0.4) is 0 Å². The zero-order chi connectivity index (χ0) is 18.9. The summed E-state index contributed by atoms with van der Waals surface area (Å²) in [6, 6.07) is 3.90. The molecule has 136 valence electrons. The molecule has 5 rings (SSSR count). The van der Waals surface area contributed by atoms with E-state index in [-0.39, 0.29) is 12.3 Å². The Labute approximate surface area is 154 Å². The molecule has 0 radical (unpaired) electrons. The van der Waals surface area contributed by atoms with Gasteiger partial charge >= 0.3 is 5.69 Å². The van der Waals surface area contributed by atoms with Crippen molar-refractivity contribution in [1.82, 2.24) is 18.7 Å². The highest BCUT2D eigenvalue weighted by Gasteiger charge is 2.27. The van der Waals surface area contributed by atoms with Crippen LogP contribution in [0, 0.1) is 0 Å². The van der Waals surface area contributed by atoms with Gasteiger partial charge in [-0.3, -0.25) is 14.1 Å². The van der Waals surface area contributed by atoms with Gasteiger partial charge < -0.3 is 14.0 Å². The molecule has 0 atom stereocenters. The lowest BCUT2D eigenvalue weighted by Crippen LogP contribution is -2.22. The second-order valence-electron chi connectivity index (χ2n) is 6.77. The fourth-order valence-electron chi connectivity index (χ4n) is 3.84. The maximum Gasteiger partial charge on any atom is 0.333 e. The van der Waals surface area contributed by atoms with Crippen molar-refractivity contribution >= 4 is 27.6 Å². The van der Waals surface area contributed by atoms with E-state index in [1.165, 1.54) is 0 Å². The number of rotatable bonds is 2. The van der Waals surface area contributed by atoms with Gasteiger partial charge in [0.2, 0.25) is 0 Å². The molecular weight excluding hydrogens is 344 g/mol. The quantitative estimate of drug-likeness (QED) is 0.550. The summed E-state index contributed by atoms with van der Waals surface area (Å²) in [7, 11) is 5.34. The Bertz CT molecular complexity index is 1320. The van der Waals surface area contributed by atoms with E-state index < -0.39 is 0 Å². The summed E-state index contributed by atoms with van der Waals surface area (Å²) in [6.45, 7) is 4.27. The van der Waals surface area contributed by atoms with Crippen molar-refractivity contribution in [3.8, 4) is 22.6 Å². The van der Waals surface area contributed by atoms with Crippen LogP contribution in [0.1, 0.15) is 0 Å². The SMILES string of the molecule is C=C1COc2c(-c3ccn(C)c3)c(OC)cc3ncc4c(c23)n1c(=O)n4C. The summed E-state index contributed by atoms with van der Waals surface area (Å²) in [4.78, 5) is 17.4. The number of methoxy groups -OCH3 is 1. The van der Waals surface area contributed by atoms with Crippen LogP contribution in [0.5, 0.6) is 11.5 Å². The third-order valence-corrected chi connectivity index (χ3v) is 5.13. The lowest BCUT2D eigenvalue weighted by atomic mass is 10.0. The number of pyridine rings is 1. The van der Waals surface area contributed by atoms with Crippen molar-refractivity contribution in [2.45, 2.75) is 0 Å².